The third-order valence-electron chi connectivity index (χ3n) is 16.5. The van der Waals surface area contributed by atoms with Crippen molar-refractivity contribution in [1.82, 2.24) is 9.13 Å². The van der Waals surface area contributed by atoms with Crippen LogP contribution in [0.25, 0.3) is 77.2 Å². The van der Waals surface area contributed by atoms with Crippen LogP contribution in [-0.4, -0.2) is 25.3 Å². The van der Waals surface area contributed by atoms with Crippen LogP contribution < -0.4 is 41.5 Å². The first-order chi connectivity index (χ1) is 37.7. The van der Waals surface area contributed by atoms with Crippen molar-refractivity contribution in [2.24, 2.45) is 0 Å². The fraction of sp³-hybridized carbons (Fsp3) is 0. The third kappa shape index (κ3) is 6.51. The summed E-state index contributed by atoms with van der Waals surface area (Å²) in [6.07, 6.45) is 0. The molecular weight excluding hydrogens is 949 g/mol. The van der Waals surface area contributed by atoms with Gasteiger partial charge in [0.15, 0.2) is 16.1 Å². The van der Waals surface area contributed by atoms with E-state index in [1.807, 2.05) is 0 Å². The summed E-state index contributed by atoms with van der Waals surface area (Å²) >= 11 is 0. The second-order valence-electron chi connectivity index (χ2n) is 20.3. The van der Waals surface area contributed by atoms with Crippen LogP contribution in [0.15, 0.2) is 303 Å². The van der Waals surface area contributed by atoms with Gasteiger partial charge in [-0.05, 0) is 112 Å². The number of benzene rings is 12. The Morgan fingerprint density at radius 1 is 0.250 bits per heavy atom. The van der Waals surface area contributed by atoms with Gasteiger partial charge in [-0.1, -0.05) is 255 Å². The van der Waals surface area contributed by atoms with Gasteiger partial charge in [-0.3, -0.25) is 0 Å². The molecule has 0 saturated heterocycles. The minimum Gasteiger partial charge on any atom is -0.309 e. The Kier molecular flexibility index (Phi) is 10.3. The van der Waals surface area contributed by atoms with Gasteiger partial charge in [-0.15, -0.1) is 0 Å². The van der Waals surface area contributed by atoms with Crippen LogP contribution in [0.5, 0.6) is 0 Å². The average Bonchev–Trinajstić information content (AvgIpc) is 4.22. The first-order valence-electron chi connectivity index (χ1n) is 26.4. The van der Waals surface area contributed by atoms with E-state index in [9.17, 15) is 0 Å². The quantitative estimate of drug-likeness (QED) is 0.101. The van der Waals surface area contributed by atoms with Crippen LogP contribution in [0, 0.1) is 0 Å². The summed E-state index contributed by atoms with van der Waals surface area (Å²) < 4.78 is 4.98. The molecule has 1 aliphatic rings. The molecule has 2 aromatic heterocycles. The molecule has 356 valence electrons. The lowest BCUT2D eigenvalue weighted by atomic mass is 9.99. The SMILES string of the molecule is c1ccc([Si](c2ccccc2)(c2ccccc2)c2cccc(-n3c4ccccc4c4cc(-n5c6ccccc6c6ccc(-c7ccc8c(c7)[Si](c7ccccc7)(c7ccccc7)c7ccccc7-8)cc65)ccc43)c2)cc1. The predicted octanol–water partition coefficient (Wildman–Crippen LogP) is 12.3. The zero-order valence-electron chi connectivity index (χ0n) is 41.8. The maximum atomic E-state index is 2.54. The lowest BCUT2D eigenvalue weighted by Crippen LogP contribution is -2.74. The van der Waals surface area contributed by atoms with Crippen molar-refractivity contribution in [2.45, 2.75) is 0 Å². The van der Waals surface area contributed by atoms with Crippen molar-refractivity contribution in [3.63, 3.8) is 0 Å². The van der Waals surface area contributed by atoms with E-state index in [-0.39, 0.29) is 0 Å². The molecule has 14 aromatic rings. The Morgan fingerprint density at radius 3 is 1.33 bits per heavy atom. The molecule has 0 radical (unpaired) electrons. The normalized spacial score (nSPS) is 12.8. The van der Waals surface area contributed by atoms with E-state index in [0.717, 1.165) is 11.4 Å². The summed E-state index contributed by atoms with van der Waals surface area (Å²) in [7, 11) is -5.45. The molecule has 4 heteroatoms. The summed E-state index contributed by atoms with van der Waals surface area (Å²) in [4.78, 5) is 0. The number of nitrogens with zero attached hydrogens (tertiary/aromatic N) is 2. The molecule has 3 heterocycles. The van der Waals surface area contributed by atoms with Gasteiger partial charge in [0, 0.05) is 32.9 Å². The fourth-order valence-electron chi connectivity index (χ4n) is 13.4. The van der Waals surface area contributed by atoms with Crippen LogP contribution in [-0.2, 0) is 0 Å². The number of hydrogen-bond acceptors (Lipinski definition) is 0. The number of rotatable bonds is 9. The first kappa shape index (κ1) is 44.2. The molecule has 0 spiro atoms. The van der Waals surface area contributed by atoms with E-state index < -0.39 is 16.1 Å². The zero-order chi connectivity index (χ0) is 50.2. The Hall–Kier alpha value is -9.33. The largest absolute Gasteiger partial charge is 0.309 e. The average molecular weight is 999 g/mol. The monoisotopic (exact) mass is 998 g/mol. The Balaban J connectivity index is 0.909. The Bertz CT molecular complexity index is 4370. The minimum atomic E-state index is -2.78. The smallest absolute Gasteiger partial charge is 0.180 e. The van der Waals surface area contributed by atoms with Crippen LogP contribution in [0.4, 0.5) is 0 Å². The molecule has 0 bridgehead atoms. The maximum absolute atomic E-state index is 2.78. The molecular formula is C72H50N2Si2. The Morgan fingerprint density at radius 2 is 0.697 bits per heavy atom. The molecule has 0 saturated carbocycles. The van der Waals surface area contributed by atoms with Gasteiger partial charge in [0.05, 0.1) is 22.1 Å². The number of hydrogen-bond donors (Lipinski definition) is 0. The molecule has 0 atom stereocenters. The molecule has 1 aliphatic heterocycles. The second-order valence-corrected chi connectivity index (χ2v) is 27.9. The van der Waals surface area contributed by atoms with E-state index in [2.05, 4.69) is 312 Å². The lowest BCUT2D eigenvalue weighted by Gasteiger charge is -2.34. The number of para-hydroxylation sites is 2. The van der Waals surface area contributed by atoms with Crippen molar-refractivity contribution in [3.8, 4) is 33.6 Å². The highest BCUT2D eigenvalue weighted by Crippen LogP contribution is 2.39. The number of aromatic nitrogens is 2. The first-order valence-corrected chi connectivity index (χ1v) is 30.4. The summed E-state index contributed by atoms with van der Waals surface area (Å²) in [6, 6.07) is 114. The number of fused-ring (bicyclic) bond motifs is 9. The molecule has 15 rings (SSSR count). The van der Waals surface area contributed by atoms with E-state index >= 15 is 0 Å². The van der Waals surface area contributed by atoms with Crippen LogP contribution in [0.3, 0.4) is 0 Å². The highest BCUT2D eigenvalue weighted by Gasteiger charge is 2.48. The van der Waals surface area contributed by atoms with Gasteiger partial charge in [-0.25, -0.2) is 0 Å². The van der Waals surface area contributed by atoms with Crippen LogP contribution in [0.2, 0.25) is 0 Å². The maximum Gasteiger partial charge on any atom is 0.180 e. The van der Waals surface area contributed by atoms with Crippen molar-refractivity contribution in [2.75, 3.05) is 0 Å². The standard InChI is InChI=1S/C72H50N2Si2/c1-6-24-55(25-7-1)75(56-26-8-2-9-27-56,57-28-10-3-11-29-57)60-34-22-23-53(49-60)73-68-39-20-17-36-62(68)66-50-54(43-46-69(66)73)74-67-38-19-16-35-61(67)63-44-41-51(47-70(63)74)52-42-45-65-64-37-18-21-40-71(64)76(72(65)48-52,58-30-12-4-13-31-58)59-32-14-5-15-33-59/h1-50H. The highest BCUT2D eigenvalue weighted by molar-refractivity contribution is 7.22. The molecule has 0 unspecified atom stereocenters. The molecule has 2 nitrogen and oxygen atoms in total. The van der Waals surface area contributed by atoms with E-state index in [1.54, 1.807) is 0 Å². The molecule has 76 heavy (non-hydrogen) atoms. The van der Waals surface area contributed by atoms with Crippen LogP contribution in [0.1, 0.15) is 0 Å². The van der Waals surface area contributed by atoms with Gasteiger partial charge < -0.3 is 9.13 Å². The van der Waals surface area contributed by atoms with Gasteiger partial charge >= 0.3 is 0 Å². The Labute approximate surface area is 444 Å². The summed E-state index contributed by atoms with van der Waals surface area (Å²) in [6.45, 7) is 0. The fourth-order valence-corrected chi connectivity index (χ4v) is 23.4. The predicted molar refractivity (Wildman–Crippen MR) is 327 cm³/mol. The van der Waals surface area contributed by atoms with Gasteiger partial charge in [0.2, 0.25) is 0 Å². The van der Waals surface area contributed by atoms with E-state index in [0.29, 0.717) is 0 Å². The van der Waals surface area contributed by atoms with Gasteiger partial charge in [-0.2, -0.15) is 0 Å². The van der Waals surface area contributed by atoms with Crippen molar-refractivity contribution >= 4 is 101 Å². The summed E-state index contributed by atoms with van der Waals surface area (Å²) in [5.74, 6) is 0. The third-order valence-corrected chi connectivity index (χ3v) is 26.2. The van der Waals surface area contributed by atoms with Crippen molar-refractivity contribution < 1.29 is 0 Å². The molecule has 0 fully saturated rings. The molecule has 0 amide bonds. The lowest BCUT2D eigenvalue weighted by molar-refractivity contribution is 1.17. The van der Waals surface area contributed by atoms with Gasteiger partial charge in [0.25, 0.3) is 0 Å². The highest BCUT2D eigenvalue weighted by atomic mass is 28.3. The summed E-state index contributed by atoms with van der Waals surface area (Å²) in [5.41, 5.74) is 12.2. The van der Waals surface area contributed by atoms with Crippen molar-refractivity contribution in [3.05, 3.63) is 303 Å². The zero-order valence-corrected chi connectivity index (χ0v) is 43.8. The van der Waals surface area contributed by atoms with Crippen molar-refractivity contribution in [1.29, 1.82) is 0 Å². The van der Waals surface area contributed by atoms with E-state index in [4.69, 9.17) is 0 Å². The minimum absolute atomic E-state index is 1.14. The van der Waals surface area contributed by atoms with Gasteiger partial charge in [0.1, 0.15) is 0 Å². The molecule has 0 N–H and O–H groups in total. The van der Waals surface area contributed by atoms with E-state index in [1.165, 1.54) is 107 Å². The molecule has 12 aromatic carbocycles. The summed E-state index contributed by atoms with van der Waals surface area (Å²) in [5, 5.41) is 16.1. The molecule has 0 aliphatic carbocycles. The topological polar surface area (TPSA) is 9.86 Å². The van der Waals surface area contributed by atoms with Crippen LogP contribution >= 0.6 is 0 Å². The second kappa shape index (κ2) is 17.7.